The number of allylic oxidation sites excluding steroid dienone is 1. The highest BCUT2D eigenvalue weighted by atomic mass is 16.6. The summed E-state index contributed by atoms with van der Waals surface area (Å²) < 4.78 is 17.8. The van der Waals surface area contributed by atoms with Crippen LogP contribution in [0.2, 0.25) is 0 Å². The van der Waals surface area contributed by atoms with E-state index in [4.69, 9.17) is 14.2 Å². The molecule has 8 fully saturated rings. The van der Waals surface area contributed by atoms with Gasteiger partial charge in [-0.2, -0.15) is 0 Å². The number of esters is 2. The molecule has 8 aliphatic rings. The summed E-state index contributed by atoms with van der Waals surface area (Å²) in [6.07, 6.45) is 11.5. The molecule has 0 radical (unpaired) electrons. The van der Waals surface area contributed by atoms with Gasteiger partial charge in [0.2, 0.25) is 11.8 Å². The molecule has 2 amide bonds. The molecule has 0 aromatic heterocycles. The Bertz CT molecular complexity index is 1840. The summed E-state index contributed by atoms with van der Waals surface area (Å²) in [5, 5.41) is 3.64. The first-order valence-corrected chi connectivity index (χ1v) is 24.9. The third kappa shape index (κ3) is 6.72. The molecule has 8 rings (SSSR count). The number of nitrogens with zero attached hydrogens (tertiary/aromatic N) is 1. The normalized spacial score (nSPS) is 45.0. The minimum atomic E-state index is -0.558. The minimum absolute atomic E-state index is 0.00667. The van der Waals surface area contributed by atoms with E-state index in [9.17, 15) is 14.4 Å². The van der Waals surface area contributed by atoms with Gasteiger partial charge < -0.3 is 24.4 Å². The van der Waals surface area contributed by atoms with Crippen LogP contribution < -0.4 is 5.32 Å². The Morgan fingerprint density at radius 1 is 0.694 bits per heavy atom. The maximum absolute atomic E-state index is 15.1. The van der Waals surface area contributed by atoms with E-state index in [0.29, 0.717) is 62.8 Å². The predicted molar refractivity (Wildman–Crippen MR) is 241 cm³/mol. The van der Waals surface area contributed by atoms with Crippen LogP contribution in [-0.2, 0) is 33.4 Å². The zero-order chi connectivity index (χ0) is 45.4. The van der Waals surface area contributed by atoms with E-state index in [-0.39, 0.29) is 86.6 Å². The summed E-state index contributed by atoms with van der Waals surface area (Å²) in [7, 11) is 0. The van der Waals surface area contributed by atoms with Gasteiger partial charge >= 0.3 is 11.9 Å². The zero-order valence-corrected chi connectivity index (χ0v) is 41.1. The maximum atomic E-state index is 15.1. The summed E-state index contributed by atoms with van der Waals surface area (Å²) in [5.74, 6) is 1.44. The molecule has 348 valence electrons. The van der Waals surface area contributed by atoms with Gasteiger partial charge in [0, 0.05) is 30.5 Å². The van der Waals surface area contributed by atoms with Crippen molar-refractivity contribution in [3.8, 4) is 0 Å². The van der Waals surface area contributed by atoms with Crippen molar-refractivity contribution in [2.24, 2.45) is 85.2 Å². The van der Waals surface area contributed by atoms with Crippen LogP contribution in [0.5, 0.6) is 0 Å². The minimum Gasteiger partial charge on any atom is -0.462 e. The number of carbonyl (C=O) groups is 4. The lowest BCUT2D eigenvalue weighted by Gasteiger charge is -2.73. The molecule has 62 heavy (non-hydrogen) atoms. The second-order valence-corrected chi connectivity index (χ2v) is 25.9. The number of morpholine rings is 1. The lowest BCUT2D eigenvalue weighted by atomic mass is 9.32. The standard InChI is InChI=1S/C53H84N2O7/c1-31(2)32-17-22-53(45(59)54-39-30-34(48(39,8)9)42(56)55-25-27-60-28-26-55)24-23-51(13)33(41(32)53)15-16-38-50(12)20-19-40(49(10,11)37(50)18-21-52(38,51)14)61-43(57)35-29-36(47(35,6)7)44(58)62-46(3,4)5/h32-41H,1,15-30H2,2-14H3,(H,54,59)/t32-,33+,34-,35-,36+,37-,38+,39-,40-,41+,50-,51+,52+,53-/m0/s1. The highest BCUT2D eigenvalue weighted by molar-refractivity contribution is 5.86. The summed E-state index contributed by atoms with van der Waals surface area (Å²) in [5.41, 5.74) is -0.376. The number of fused-ring (bicyclic) bond motifs is 7. The van der Waals surface area contributed by atoms with Crippen LogP contribution in [0.15, 0.2) is 12.2 Å². The Morgan fingerprint density at radius 3 is 1.97 bits per heavy atom. The number of hydrogen-bond acceptors (Lipinski definition) is 7. The Morgan fingerprint density at radius 2 is 1.35 bits per heavy atom. The van der Waals surface area contributed by atoms with Crippen LogP contribution in [0, 0.1) is 85.2 Å². The van der Waals surface area contributed by atoms with Gasteiger partial charge in [-0.05, 0) is 161 Å². The zero-order valence-electron chi connectivity index (χ0n) is 41.1. The molecule has 9 nitrogen and oxygen atoms in total. The van der Waals surface area contributed by atoms with Crippen LogP contribution in [0.1, 0.15) is 167 Å². The first kappa shape index (κ1) is 46.1. The van der Waals surface area contributed by atoms with Crippen LogP contribution in [0.4, 0.5) is 0 Å². The summed E-state index contributed by atoms with van der Waals surface area (Å²) >= 11 is 0. The van der Waals surface area contributed by atoms with Crippen LogP contribution >= 0.6 is 0 Å². The van der Waals surface area contributed by atoms with E-state index < -0.39 is 16.4 Å². The van der Waals surface area contributed by atoms with Crippen molar-refractivity contribution in [2.45, 2.75) is 185 Å². The first-order valence-electron chi connectivity index (χ1n) is 24.9. The number of hydrogen-bond donors (Lipinski definition) is 1. The fraction of sp³-hybridized carbons (Fsp3) is 0.887. The second-order valence-electron chi connectivity index (χ2n) is 25.9. The molecule has 7 aliphatic carbocycles. The Hall–Kier alpha value is -2.42. The van der Waals surface area contributed by atoms with Crippen LogP contribution in [-0.4, -0.2) is 72.7 Å². The smallest absolute Gasteiger partial charge is 0.310 e. The van der Waals surface area contributed by atoms with Gasteiger partial charge in [-0.25, -0.2) is 0 Å². The molecule has 0 bridgehead atoms. The number of carbonyl (C=O) groups excluding carboxylic acids is 4. The van der Waals surface area contributed by atoms with E-state index in [1.165, 1.54) is 12.0 Å². The molecular weight excluding hydrogens is 777 g/mol. The first-order chi connectivity index (χ1) is 28.7. The molecule has 1 saturated heterocycles. The average molecular weight is 861 g/mol. The largest absolute Gasteiger partial charge is 0.462 e. The van der Waals surface area contributed by atoms with Gasteiger partial charge in [0.15, 0.2) is 0 Å². The molecule has 1 aliphatic heterocycles. The molecular formula is C53H84N2O7. The Balaban J connectivity index is 0.975. The highest BCUT2D eigenvalue weighted by Crippen LogP contribution is 2.78. The van der Waals surface area contributed by atoms with Crippen LogP contribution in [0.3, 0.4) is 0 Å². The molecule has 1 N–H and O–H groups in total. The van der Waals surface area contributed by atoms with Crippen molar-refractivity contribution in [3.63, 3.8) is 0 Å². The van der Waals surface area contributed by atoms with Crippen molar-refractivity contribution in [3.05, 3.63) is 12.2 Å². The number of ether oxygens (including phenoxy) is 3. The van der Waals surface area contributed by atoms with Crippen molar-refractivity contribution in [1.29, 1.82) is 0 Å². The molecule has 7 saturated carbocycles. The van der Waals surface area contributed by atoms with Gasteiger partial charge in [0.25, 0.3) is 0 Å². The fourth-order valence-corrected chi connectivity index (χ4v) is 16.9. The topological polar surface area (TPSA) is 111 Å². The van der Waals surface area contributed by atoms with Crippen LogP contribution in [0.25, 0.3) is 0 Å². The van der Waals surface area contributed by atoms with E-state index in [0.717, 1.165) is 57.8 Å². The van der Waals surface area contributed by atoms with E-state index in [1.807, 2.05) is 39.5 Å². The van der Waals surface area contributed by atoms with E-state index >= 15 is 4.79 Å². The lowest BCUT2D eigenvalue weighted by molar-refractivity contribution is -0.251. The van der Waals surface area contributed by atoms with Crippen molar-refractivity contribution in [1.82, 2.24) is 10.2 Å². The van der Waals surface area contributed by atoms with E-state index in [2.05, 4.69) is 67.3 Å². The highest BCUT2D eigenvalue weighted by Gasteiger charge is 2.72. The molecule has 1 heterocycles. The monoisotopic (exact) mass is 861 g/mol. The second kappa shape index (κ2) is 15.1. The maximum Gasteiger partial charge on any atom is 0.310 e. The van der Waals surface area contributed by atoms with Gasteiger partial charge in [-0.1, -0.05) is 74.5 Å². The fourth-order valence-electron chi connectivity index (χ4n) is 16.9. The van der Waals surface area contributed by atoms with Gasteiger partial charge in [0.05, 0.1) is 30.5 Å². The summed E-state index contributed by atoms with van der Waals surface area (Å²) in [6.45, 7) is 36.0. The Kier molecular flexibility index (Phi) is 11.2. The van der Waals surface area contributed by atoms with Crippen molar-refractivity contribution in [2.75, 3.05) is 26.3 Å². The molecule has 0 spiro atoms. The van der Waals surface area contributed by atoms with Gasteiger partial charge in [-0.15, -0.1) is 0 Å². The molecule has 0 unspecified atom stereocenters. The third-order valence-corrected chi connectivity index (χ3v) is 21.2. The van der Waals surface area contributed by atoms with Gasteiger partial charge in [-0.3, -0.25) is 19.2 Å². The van der Waals surface area contributed by atoms with Gasteiger partial charge in [0.1, 0.15) is 11.7 Å². The average Bonchev–Trinajstić information content (AvgIpc) is 3.58. The number of rotatable bonds is 7. The molecule has 0 aromatic carbocycles. The van der Waals surface area contributed by atoms with E-state index in [1.54, 1.807) is 0 Å². The lowest BCUT2D eigenvalue weighted by Crippen LogP contribution is -2.68. The molecule has 9 heteroatoms. The van der Waals surface area contributed by atoms with Crippen molar-refractivity contribution >= 4 is 23.8 Å². The number of amides is 2. The Labute approximate surface area is 374 Å². The summed E-state index contributed by atoms with van der Waals surface area (Å²) in [6, 6.07) is -0.00667. The number of nitrogens with one attached hydrogen (secondary N) is 1. The predicted octanol–water partition coefficient (Wildman–Crippen LogP) is 9.95. The quantitative estimate of drug-likeness (QED) is 0.201. The SMILES string of the molecule is C=C(C)[C@@H]1CC[C@]2(C(=O)N[C@H]3C[C@@H](C(=O)N4CCOCC4)C3(C)C)CC[C@]3(C)[C@H](CC[C@@H]4[C@@]5(C)CC[C@H](OC(=O)[C@@H]6C[C@H](C(=O)OC(C)(C)C)C6(C)C)C(C)(C)[C@@H]5CC[C@]43C)[C@@H]12. The molecule has 14 atom stereocenters. The van der Waals surface area contributed by atoms with Crippen molar-refractivity contribution < 1.29 is 33.4 Å². The third-order valence-electron chi connectivity index (χ3n) is 21.2. The molecule has 0 aromatic rings. The summed E-state index contributed by atoms with van der Waals surface area (Å²) in [4.78, 5) is 57.7.